The zero-order valence-electron chi connectivity index (χ0n) is 14.7. The summed E-state index contributed by atoms with van der Waals surface area (Å²) in [6, 6.07) is 1.72. The summed E-state index contributed by atoms with van der Waals surface area (Å²) in [6.07, 6.45) is 7.89. The molecule has 1 amide bonds. The lowest BCUT2D eigenvalue weighted by atomic mass is 9.97. The molecule has 0 saturated heterocycles. The van der Waals surface area contributed by atoms with Crippen molar-refractivity contribution < 1.29 is 18.0 Å². The van der Waals surface area contributed by atoms with Crippen molar-refractivity contribution in [3.8, 4) is 0 Å². The first-order chi connectivity index (χ1) is 12.5. The van der Waals surface area contributed by atoms with Crippen LogP contribution in [0.2, 0.25) is 0 Å². The highest BCUT2D eigenvalue weighted by Gasteiger charge is 2.15. The van der Waals surface area contributed by atoms with Gasteiger partial charge >= 0.3 is 0 Å². The lowest BCUT2D eigenvalue weighted by Gasteiger charge is -2.15. The Labute approximate surface area is 150 Å². The van der Waals surface area contributed by atoms with Crippen molar-refractivity contribution in [2.24, 2.45) is 4.99 Å². The van der Waals surface area contributed by atoms with Crippen molar-refractivity contribution in [2.75, 3.05) is 25.5 Å². The number of anilines is 1. The third kappa shape index (κ3) is 5.79. The zero-order valence-corrected chi connectivity index (χ0v) is 14.7. The number of carbonyl (C=O) groups is 1. The molecule has 0 saturated carbocycles. The minimum atomic E-state index is -1.62. The number of aliphatic imine (C=N–C) groups is 1. The first-order valence-corrected chi connectivity index (χ1v) is 8.57. The van der Waals surface area contributed by atoms with E-state index in [0.29, 0.717) is 12.5 Å². The molecule has 0 unspecified atom stereocenters. The van der Waals surface area contributed by atoms with Crippen molar-refractivity contribution in [2.45, 2.75) is 32.1 Å². The summed E-state index contributed by atoms with van der Waals surface area (Å²) in [5.41, 5.74) is 1.01. The van der Waals surface area contributed by atoms with E-state index in [1.807, 2.05) is 0 Å². The van der Waals surface area contributed by atoms with Gasteiger partial charge in [0.05, 0.1) is 12.2 Å². The number of hydrogen-bond donors (Lipinski definition) is 3. The predicted molar refractivity (Wildman–Crippen MR) is 95.5 cm³/mol. The number of rotatable bonds is 6. The van der Waals surface area contributed by atoms with Gasteiger partial charge in [-0.3, -0.25) is 9.79 Å². The van der Waals surface area contributed by atoms with Crippen LogP contribution in [-0.4, -0.2) is 32.0 Å². The molecular formula is C18H23F3N4O. The Morgan fingerprint density at radius 2 is 1.96 bits per heavy atom. The zero-order chi connectivity index (χ0) is 18.9. The highest BCUT2D eigenvalue weighted by atomic mass is 19.2. The van der Waals surface area contributed by atoms with E-state index in [0.717, 1.165) is 31.4 Å². The number of amides is 1. The molecular weight excluding hydrogens is 345 g/mol. The van der Waals surface area contributed by atoms with Gasteiger partial charge in [-0.1, -0.05) is 11.6 Å². The second-order valence-electron chi connectivity index (χ2n) is 5.98. The van der Waals surface area contributed by atoms with Crippen LogP contribution in [0.4, 0.5) is 18.9 Å². The monoisotopic (exact) mass is 368 g/mol. The average Bonchev–Trinajstić information content (AvgIpc) is 2.66. The van der Waals surface area contributed by atoms with Gasteiger partial charge in [0.2, 0.25) is 5.91 Å². The Kier molecular flexibility index (Phi) is 7.50. The second-order valence-corrected chi connectivity index (χ2v) is 5.98. The fourth-order valence-electron chi connectivity index (χ4n) is 2.67. The van der Waals surface area contributed by atoms with Gasteiger partial charge in [-0.15, -0.1) is 0 Å². The SMILES string of the molecule is CN=C(NCCC1=CCCCC1)NCC(=O)Nc1ccc(F)c(F)c1F. The molecule has 0 aromatic heterocycles. The minimum absolute atomic E-state index is 0.194. The largest absolute Gasteiger partial charge is 0.356 e. The fourth-order valence-corrected chi connectivity index (χ4v) is 2.67. The van der Waals surface area contributed by atoms with E-state index in [9.17, 15) is 18.0 Å². The number of carbonyl (C=O) groups excluding carboxylic acids is 1. The Morgan fingerprint density at radius 3 is 2.65 bits per heavy atom. The first-order valence-electron chi connectivity index (χ1n) is 8.57. The van der Waals surface area contributed by atoms with Gasteiger partial charge in [0.1, 0.15) is 0 Å². The van der Waals surface area contributed by atoms with Crippen LogP contribution in [0.3, 0.4) is 0 Å². The van der Waals surface area contributed by atoms with Gasteiger partial charge in [0, 0.05) is 13.6 Å². The molecule has 0 fully saturated rings. The number of benzene rings is 1. The number of guanidine groups is 1. The number of hydrogen-bond acceptors (Lipinski definition) is 2. The Hall–Kier alpha value is -2.51. The second kappa shape index (κ2) is 9.84. The van der Waals surface area contributed by atoms with Crippen LogP contribution in [0.5, 0.6) is 0 Å². The lowest BCUT2D eigenvalue weighted by molar-refractivity contribution is -0.115. The molecule has 1 aliphatic carbocycles. The van der Waals surface area contributed by atoms with Crippen LogP contribution in [-0.2, 0) is 4.79 Å². The number of nitrogens with zero attached hydrogens (tertiary/aromatic N) is 1. The molecule has 1 aromatic rings. The van der Waals surface area contributed by atoms with E-state index < -0.39 is 29.0 Å². The van der Waals surface area contributed by atoms with Crippen molar-refractivity contribution in [3.63, 3.8) is 0 Å². The molecule has 0 radical (unpaired) electrons. The standard InChI is InChI=1S/C18H23F3N4O/c1-22-18(23-10-9-12-5-3-2-4-6-12)24-11-15(26)25-14-8-7-13(19)16(20)17(14)21/h5,7-8H,2-4,6,9-11H2,1H3,(H,25,26)(H2,22,23,24). The lowest BCUT2D eigenvalue weighted by Crippen LogP contribution is -2.41. The van der Waals surface area contributed by atoms with Crippen LogP contribution in [0.15, 0.2) is 28.8 Å². The molecule has 142 valence electrons. The van der Waals surface area contributed by atoms with Crippen LogP contribution in [0.1, 0.15) is 32.1 Å². The highest BCUT2D eigenvalue weighted by Crippen LogP contribution is 2.20. The molecule has 0 aliphatic heterocycles. The van der Waals surface area contributed by atoms with Gasteiger partial charge in [0.25, 0.3) is 0 Å². The number of allylic oxidation sites excluding steroid dienone is 1. The molecule has 2 rings (SSSR count). The van der Waals surface area contributed by atoms with E-state index in [4.69, 9.17) is 0 Å². The van der Waals surface area contributed by atoms with Crippen LogP contribution >= 0.6 is 0 Å². The van der Waals surface area contributed by atoms with Crippen LogP contribution in [0.25, 0.3) is 0 Å². The van der Waals surface area contributed by atoms with E-state index in [1.54, 1.807) is 7.05 Å². The summed E-state index contributed by atoms with van der Waals surface area (Å²) >= 11 is 0. The number of halogens is 3. The summed E-state index contributed by atoms with van der Waals surface area (Å²) in [5, 5.41) is 8.08. The topological polar surface area (TPSA) is 65.5 Å². The van der Waals surface area contributed by atoms with Crippen molar-refractivity contribution in [1.82, 2.24) is 10.6 Å². The molecule has 5 nitrogen and oxygen atoms in total. The van der Waals surface area contributed by atoms with Crippen molar-refractivity contribution >= 4 is 17.6 Å². The smallest absolute Gasteiger partial charge is 0.243 e. The Balaban J connectivity index is 1.76. The van der Waals surface area contributed by atoms with Crippen LogP contribution < -0.4 is 16.0 Å². The fraction of sp³-hybridized carbons (Fsp3) is 0.444. The molecule has 1 aliphatic rings. The summed E-state index contributed by atoms with van der Waals surface area (Å²) in [4.78, 5) is 15.9. The van der Waals surface area contributed by atoms with E-state index in [2.05, 4.69) is 27.0 Å². The van der Waals surface area contributed by atoms with E-state index in [-0.39, 0.29) is 6.54 Å². The van der Waals surface area contributed by atoms with Crippen molar-refractivity contribution in [1.29, 1.82) is 0 Å². The maximum Gasteiger partial charge on any atom is 0.243 e. The quantitative estimate of drug-likeness (QED) is 0.313. The Bertz CT molecular complexity index is 704. The molecule has 8 heteroatoms. The summed E-state index contributed by atoms with van der Waals surface area (Å²) in [6.45, 7) is 0.492. The average molecular weight is 368 g/mol. The number of nitrogens with one attached hydrogen (secondary N) is 3. The summed E-state index contributed by atoms with van der Waals surface area (Å²) in [7, 11) is 1.57. The molecule has 26 heavy (non-hydrogen) atoms. The minimum Gasteiger partial charge on any atom is -0.356 e. The summed E-state index contributed by atoms with van der Waals surface area (Å²) < 4.78 is 39.6. The maximum atomic E-state index is 13.5. The third-order valence-corrected chi connectivity index (χ3v) is 4.07. The van der Waals surface area contributed by atoms with Crippen molar-refractivity contribution in [3.05, 3.63) is 41.2 Å². The van der Waals surface area contributed by atoms with E-state index >= 15 is 0 Å². The third-order valence-electron chi connectivity index (χ3n) is 4.07. The highest BCUT2D eigenvalue weighted by molar-refractivity contribution is 5.95. The van der Waals surface area contributed by atoms with Gasteiger partial charge in [-0.05, 0) is 44.2 Å². The molecule has 0 atom stereocenters. The Morgan fingerprint density at radius 1 is 1.15 bits per heavy atom. The molecule has 0 heterocycles. The molecule has 3 N–H and O–H groups in total. The molecule has 0 spiro atoms. The van der Waals surface area contributed by atoms with Gasteiger partial charge in [-0.25, -0.2) is 13.2 Å². The van der Waals surface area contributed by atoms with Crippen LogP contribution in [0, 0.1) is 17.5 Å². The van der Waals surface area contributed by atoms with E-state index in [1.165, 1.54) is 18.4 Å². The molecule has 0 bridgehead atoms. The first kappa shape index (κ1) is 19.8. The van der Waals surface area contributed by atoms with Gasteiger partial charge in [-0.2, -0.15) is 0 Å². The molecule has 1 aromatic carbocycles. The predicted octanol–water partition coefficient (Wildman–Crippen LogP) is 3.10. The maximum absolute atomic E-state index is 13.5. The van der Waals surface area contributed by atoms with Gasteiger partial charge in [0.15, 0.2) is 23.4 Å². The normalized spacial score (nSPS) is 14.6. The van der Waals surface area contributed by atoms with Gasteiger partial charge < -0.3 is 16.0 Å². The summed E-state index contributed by atoms with van der Waals surface area (Å²) in [5.74, 6) is -4.53.